The van der Waals surface area contributed by atoms with Gasteiger partial charge in [0.25, 0.3) is 0 Å². The molecule has 0 amide bonds. The number of anilines is 1. The summed E-state index contributed by atoms with van der Waals surface area (Å²) in [6, 6.07) is 2.41. The van der Waals surface area contributed by atoms with E-state index in [4.69, 9.17) is 5.73 Å². The average Bonchev–Trinajstić information content (AvgIpc) is 2.70. The number of aromatic nitrogens is 2. The van der Waals surface area contributed by atoms with Crippen molar-refractivity contribution in [3.8, 4) is 0 Å². The van der Waals surface area contributed by atoms with Gasteiger partial charge in [-0.3, -0.25) is 4.68 Å². The number of hydrogen-bond acceptors (Lipinski definition) is 2. The predicted molar refractivity (Wildman–Crippen MR) is 66.1 cm³/mol. The molecular weight excluding hydrogens is 200 g/mol. The first-order valence-electron chi connectivity index (χ1n) is 5.79. The van der Waals surface area contributed by atoms with Crippen LogP contribution >= 0.6 is 0 Å². The molecule has 0 bridgehead atoms. The lowest BCUT2D eigenvalue weighted by Gasteiger charge is -2.21. The molecule has 4 heteroatoms. The zero-order valence-electron chi connectivity index (χ0n) is 10.4. The molecule has 2 N–H and O–H groups in total. The van der Waals surface area contributed by atoms with Gasteiger partial charge in [0, 0.05) is 23.6 Å². The van der Waals surface area contributed by atoms with Gasteiger partial charge in [-0.1, -0.05) is 20.8 Å². The minimum Gasteiger partial charge on any atom is -0.382 e. The Morgan fingerprint density at radius 1 is 1.56 bits per heavy atom. The summed E-state index contributed by atoms with van der Waals surface area (Å²) in [5.74, 6) is 0.618. The molecule has 16 heavy (non-hydrogen) atoms. The third kappa shape index (κ3) is 1.96. The maximum absolute atomic E-state index is 5.82. The predicted octanol–water partition coefficient (Wildman–Crippen LogP) is 1.42. The Bertz CT molecular complexity index is 411. The first-order valence-corrected chi connectivity index (χ1v) is 5.79. The molecule has 1 aromatic rings. The molecule has 1 fully saturated rings. The molecule has 0 saturated carbocycles. The van der Waals surface area contributed by atoms with E-state index in [9.17, 15) is 0 Å². The van der Waals surface area contributed by atoms with Crippen molar-refractivity contribution in [1.29, 1.82) is 0 Å². The van der Waals surface area contributed by atoms with E-state index < -0.39 is 0 Å². The van der Waals surface area contributed by atoms with E-state index in [1.54, 1.807) is 0 Å². The van der Waals surface area contributed by atoms with Crippen LogP contribution in [0.3, 0.4) is 0 Å². The molecule has 2 rings (SSSR count). The van der Waals surface area contributed by atoms with Crippen LogP contribution in [0.5, 0.6) is 0 Å². The van der Waals surface area contributed by atoms with Gasteiger partial charge < -0.3 is 5.73 Å². The van der Waals surface area contributed by atoms with E-state index in [0.29, 0.717) is 11.9 Å². The van der Waals surface area contributed by atoms with Crippen molar-refractivity contribution in [1.82, 2.24) is 9.78 Å². The molecule has 1 unspecified atom stereocenters. The van der Waals surface area contributed by atoms with Crippen molar-refractivity contribution < 1.29 is 4.58 Å². The molecule has 1 aliphatic rings. The highest BCUT2D eigenvalue weighted by Crippen LogP contribution is 2.29. The minimum atomic E-state index is 0.0825. The standard InChI is InChI=1S/C12H21N4/c1-12(2,3)10-7-11(13)14-16(10)9-5-6-15(4)8-9/h7,9H,4-6,8H2,1-3H3,(H2,13,14)/q+1. The fraction of sp³-hybridized carbons (Fsp3) is 0.667. The van der Waals surface area contributed by atoms with Crippen LogP contribution in [0.1, 0.15) is 38.9 Å². The highest BCUT2D eigenvalue weighted by molar-refractivity contribution is 5.33. The maximum atomic E-state index is 5.82. The first kappa shape index (κ1) is 11.2. The number of nitrogens with zero attached hydrogens (tertiary/aromatic N) is 3. The van der Waals surface area contributed by atoms with Crippen LogP contribution < -0.4 is 5.73 Å². The summed E-state index contributed by atoms with van der Waals surface area (Å²) < 4.78 is 4.19. The van der Waals surface area contributed by atoms with E-state index in [-0.39, 0.29) is 5.41 Å². The van der Waals surface area contributed by atoms with Gasteiger partial charge in [0.15, 0.2) is 6.54 Å². The molecular formula is C12H21N4+. The lowest BCUT2D eigenvalue weighted by molar-refractivity contribution is -0.499. The van der Waals surface area contributed by atoms with Crippen LogP contribution in [0.15, 0.2) is 6.07 Å². The summed E-state index contributed by atoms with van der Waals surface area (Å²) in [5, 5.41) is 4.43. The lowest BCUT2D eigenvalue weighted by atomic mass is 9.91. The molecule has 1 atom stereocenters. The van der Waals surface area contributed by atoms with Crippen LogP contribution in [0, 0.1) is 0 Å². The Balaban J connectivity index is 2.37. The third-order valence-electron chi connectivity index (χ3n) is 3.12. The van der Waals surface area contributed by atoms with Crippen molar-refractivity contribution >= 4 is 12.5 Å². The third-order valence-corrected chi connectivity index (χ3v) is 3.12. The quantitative estimate of drug-likeness (QED) is 0.729. The fourth-order valence-corrected chi connectivity index (χ4v) is 2.26. The van der Waals surface area contributed by atoms with Gasteiger partial charge in [-0.2, -0.15) is 5.10 Å². The van der Waals surface area contributed by atoms with Crippen LogP contribution in [0.2, 0.25) is 0 Å². The molecule has 0 aliphatic carbocycles. The van der Waals surface area contributed by atoms with Gasteiger partial charge in [0.2, 0.25) is 0 Å². The summed E-state index contributed by atoms with van der Waals surface area (Å²) >= 11 is 0. The van der Waals surface area contributed by atoms with Crippen molar-refractivity contribution in [3.05, 3.63) is 11.8 Å². The Kier molecular flexibility index (Phi) is 2.52. The molecule has 88 valence electrons. The van der Waals surface area contributed by atoms with Crippen LogP contribution in [0.4, 0.5) is 5.82 Å². The normalized spacial score (nSPS) is 21.7. The largest absolute Gasteiger partial charge is 0.382 e. The van der Waals surface area contributed by atoms with Crippen molar-refractivity contribution in [2.75, 3.05) is 18.8 Å². The minimum absolute atomic E-state index is 0.0825. The molecule has 2 heterocycles. The average molecular weight is 221 g/mol. The van der Waals surface area contributed by atoms with Gasteiger partial charge in [-0.15, -0.1) is 0 Å². The number of nitrogen functional groups attached to an aromatic ring is 1. The molecule has 4 nitrogen and oxygen atoms in total. The number of nitrogens with two attached hydrogens (primary N) is 1. The molecule has 0 spiro atoms. The molecule has 1 aliphatic heterocycles. The lowest BCUT2D eigenvalue weighted by Crippen LogP contribution is -2.23. The Morgan fingerprint density at radius 3 is 2.75 bits per heavy atom. The second kappa shape index (κ2) is 3.61. The smallest absolute Gasteiger partial charge is 0.164 e. The second-order valence-electron chi connectivity index (χ2n) is 5.67. The summed E-state index contributed by atoms with van der Waals surface area (Å²) in [4.78, 5) is 0. The second-order valence-corrected chi connectivity index (χ2v) is 5.67. The topological polar surface area (TPSA) is 46.8 Å². The van der Waals surface area contributed by atoms with Crippen molar-refractivity contribution in [2.45, 2.75) is 38.6 Å². The molecule has 1 aromatic heterocycles. The summed E-state index contributed by atoms with van der Waals surface area (Å²) in [7, 11) is 0. The van der Waals surface area contributed by atoms with Gasteiger partial charge in [0.05, 0.1) is 0 Å². The fourth-order valence-electron chi connectivity index (χ4n) is 2.26. The summed E-state index contributed by atoms with van der Waals surface area (Å²) in [6.07, 6.45) is 1.10. The summed E-state index contributed by atoms with van der Waals surface area (Å²) in [6.45, 7) is 12.5. The van der Waals surface area contributed by atoms with Crippen LogP contribution in [0.25, 0.3) is 0 Å². The van der Waals surface area contributed by atoms with E-state index in [2.05, 4.69) is 41.8 Å². The van der Waals surface area contributed by atoms with Crippen molar-refractivity contribution in [3.63, 3.8) is 0 Å². The zero-order valence-corrected chi connectivity index (χ0v) is 10.4. The Labute approximate surface area is 96.8 Å². The molecule has 1 saturated heterocycles. The maximum Gasteiger partial charge on any atom is 0.164 e. The zero-order chi connectivity index (χ0) is 11.9. The van der Waals surface area contributed by atoms with E-state index >= 15 is 0 Å². The monoisotopic (exact) mass is 221 g/mol. The SMILES string of the molecule is C=[N+]1CCC(n2nc(N)cc2C(C)(C)C)C1. The number of rotatable bonds is 1. The van der Waals surface area contributed by atoms with Gasteiger partial charge in [-0.05, 0) is 0 Å². The van der Waals surface area contributed by atoms with Crippen LogP contribution in [-0.4, -0.2) is 34.2 Å². The molecule has 0 radical (unpaired) electrons. The number of hydrogen-bond donors (Lipinski definition) is 1. The van der Waals surface area contributed by atoms with E-state index in [1.165, 1.54) is 5.69 Å². The van der Waals surface area contributed by atoms with E-state index in [0.717, 1.165) is 19.5 Å². The highest BCUT2D eigenvalue weighted by Gasteiger charge is 2.31. The summed E-state index contributed by atoms with van der Waals surface area (Å²) in [5.41, 5.74) is 7.11. The van der Waals surface area contributed by atoms with Gasteiger partial charge in [-0.25, -0.2) is 4.58 Å². The van der Waals surface area contributed by atoms with Gasteiger partial charge >= 0.3 is 0 Å². The molecule has 0 aromatic carbocycles. The Hall–Kier alpha value is -1.32. The highest BCUT2D eigenvalue weighted by atomic mass is 15.3. The van der Waals surface area contributed by atoms with E-state index in [1.807, 2.05) is 6.07 Å². The Morgan fingerprint density at radius 2 is 2.25 bits per heavy atom. The first-order chi connectivity index (χ1) is 7.38. The van der Waals surface area contributed by atoms with Crippen molar-refractivity contribution in [2.24, 2.45) is 0 Å². The van der Waals surface area contributed by atoms with Gasteiger partial charge in [0.1, 0.15) is 25.1 Å². The van der Waals surface area contributed by atoms with Crippen LogP contribution in [-0.2, 0) is 5.41 Å².